The quantitative estimate of drug-likeness (QED) is 0.323. The lowest BCUT2D eigenvalue weighted by Gasteiger charge is -2.18. The van der Waals surface area contributed by atoms with Crippen molar-refractivity contribution in [2.24, 2.45) is 0 Å². The Morgan fingerprint density at radius 3 is 2.57 bits per heavy atom. The smallest absolute Gasteiger partial charge is 0.252 e. The van der Waals surface area contributed by atoms with E-state index in [0.717, 1.165) is 26.6 Å². The number of fused-ring (bicyclic) bond motifs is 1. The molecule has 0 aliphatic carbocycles. The molecule has 0 fully saturated rings. The molecule has 30 heavy (non-hydrogen) atoms. The van der Waals surface area contributed by atoms with Gasteiger partial charge in [0.25, 0.3) is 5.91 Å². The highest BCUT2D eigenvalue weighted by Crippen LogP contribution is 2.27. The second kappa shape index (κ2) is 8.65. The number of nitrogens with one attached hydrogen (secondary N) is 1. The molecule has 0 saturated heterocycles. The molecule has 0 aliphatic rings. The van der Waals surface area contributed by atoms with Gasteiger partial charge in [0.1, 0.15) is 10.4 Å². The van der Waals surface area contributed by atoms with Crippen LogP contribution in [0.4, 0.5) is 4.39 Å². The highest BCUT2D eigenvalue weighted by Gasteiger charge is 2.19. The third-order valence-electron chi connectivity index (χ3n) is 4.84. The molecule has 1 amide bonds. The number of aromatic nitrogens is 3. The average molecular weight is 532 g/mol. The molecule has 0 unspecified atom stereocenters. The first-order valence-corrected chi connectivity index (χ1v) is 10.9. The van der Waals surface area contributed by atoms with Gasteiger partial charge in [0.2, 0.25) is 0 Å². The van der Waals surface area contributed by atoms with Crippen molar-refractivity contribution < 1.29 is 9.18 Å². The van der Waals surface area contributed by atoms with Gasteiger partial charge in [0.15, 0.2) is 0 Å². The first-order valence-electron chi connectivity index (χ1n) is 9.32. The van der Waals surface area contributed by atoms with Crippen molar-refractivity contribution in [1.82, 2.24) is 20.1 Å². The zero-order chi connectivity index (χ0) is 21.3. The minimum Gasteiger partial charge on any atom is -0.345 e. The molecule has 1 N–H and O–H groups in total. The fourth-order valence-corrected chi connectivity index (χ4v) is 4.00. The van der Waals surface area contributed by atoms with Crippen LogP contribution in [-0.2, 0) is 0 Å². The van der Waals surface area contributed by atoms with Crippen molar-refractivity contribution in [3.8, 4) is 5.69 Å². The largest absolute Gasteiger partial charge is 0.345 e. The molecule has 8 heteroatoms. The summed E-state index contributed by atoms with van der Waals surface area (Å²) < 4.78 is 16.5. The van der Waals surface area contributed by atoms with Crippen LogP contribution in [0.15, 0.2) is 70.0 Å². The lowest BCUT2D eigenvalue weighted by atomic mass is 10.0. The van der Waals surface area contributed by atoms with Crippen molar-refractivity contribution in [2.75, 3.05) is 0 Å². The van der Waals surface area contributed by atoms with Crippen LogP contribution in [0.2, 0.25) is 0 Å². The Kier molecular flexibility index (Phi) is 5.97. The number of amides is 1. The van der Waals surface area contributed by atoms with E-state index < -0.39 is 0 Å². The minimum atomic E-state index is -0.315. The summed E-state index contributed by atoms with van der Waals surface area (Å²) in [6.07, 6.45) is 4.13. The fraction of sp³-hybridized carbons (Fsp3) is 0.136. The molecule has 0 aliphatic heterocycles. The third-order valence-corrected chi connectivity index (χ3v) is 5.76. The Balaban J connectivity index is 1.70. The number of rotatable bonds is 5. The van der Waals surface area contributed by atoms with Crippen molar-refractivity contribution in [1.29, 1.82) is 0 Å². The highest BCUT2D eigenvalue weighted by atomic mass is 79.9. The van der Waals surface area contributed by atoms with E-state index in [4.69, 9.17) is 0 Å². The standard InChI is InChI=1S/C22H17Br2FN4O/c1-2-19(13-3-8-21(24)26-11-13)28-22(30)17-9-14(23)10-20-18(17)12-27-29(20)16-6-4-15(25)5-7-16/h3-12,19H,2H2,1H3,(H,28,30)/t19-/m0/s1. The van der Waals surface area contributed by atoms with Crippen LogP contribution < -0.4 is 5.32 Å². The number of carbonyl (C=O) groups is 1. The van der Waals surface area contributed by atoms with Crippen LogP contribution in [0.1, 0.15) is 35.3 Å². The predicted octanol–water partition coefficient (Wildman–Crippen LogP) is 5.97. The first kappa shape index (κ1) is 20.7. The summed E-state index contributed by atoms with van der Waals surface area (Å²) in [6, 6.07) is 13.4. The van der Waals surface area contributed by atoms with Gasteiger partial charge in [-0.05, 0) is 70.4 Å². The fourth-order valence-electron chi connectivity index (χ4n) is 3.32. The van der Waals surface area contributed by atoms with Gasteiger partial charge >= 0.3 is 0 Å². The number of hydrogen-bond donors (Lipinski definition) is 1. The summed E-state index contributed by atoms with van der Waals surface area (Å²) in [5, 5.41) is 8.23. The zero-order valence-corrected chi connectivity index (χ0v) is 19.1. The molecular weight excluding hydrogens is 515 g/mol. The second-order valence-corrected chi connectivity index (χ2v) is 8.50. The van der Waals surface area contributed by atoms with Crippen LogP contribution in [0.25, 0.3) is 16.6 Å². The molecule has 4 rings (SSSR count). The summed E-state index contributed by atoms with van der Waals surface area (Å²) in [7, 11) is 0. The van der Waals surface area contributed by atoms with E-state index in [1.807, 2.05) is 25.1 Å². The van der Waals surface area contributed by atoms with Gasteiger partial charge in [-0.15, -0.1) is 0 Å². The maximum atomic E-state index is 13.3. The van der Waals surface area contributed by atoms with Crippen LogP contribution in [0.3, 0.4) is 0 Å². The van der Waals surface area contributed by atoms with E-state index >= 15 is 0 Å². The number of pyridine rings is 1. The molecule has 0 bridgehead atoms. The van der Waals surface area contributed by atoms with Gasteiger partial charge < -0.3 is 5.32 Å². The second-order valence-electron chi connectivity index (χ2n) is 6.77. The van der Waals surface area contributed by atoms with Gasteiger partial charge in [-0.25, -0.2) is 14.1 Å². The molecule has 2 aromatic carbocycles. The molecule has 2 heterocycles. The molecule has 5 nitrogen and oxygen atoms in total. The van der Waals surface area contributed by atoms with E-state index in [9.17, 15) is 9.18 Å². The normalized spacial score (nSPS) is 12.1. The number of carbonyl (C=O) groups excluding carboxylic acids is 1. The van der Waals surface area contributed by atoms with Crippen molar-refractivity contribution >= 4 is 48.7 Å². The molecule has 0 radical (unpaired) electrons. The lowest BCUT2D eigenvalue weighted by molar-refractivity contribution is 0.0937. The highest BCUT2D eigenvalue weighted by molar-refractivity contribution is 9.10. The Bertz CT molecular complexity index is 1210. The van der Waals surface area contributed by atoms with Crippen LogP contribution in [0.5, 0.6) is 0 Å². The van der Waals surface area contributed by atoms with Gasteiger partial charge in [-0.2, -0.15) is 5.10 Å². The summed E-state index contributed by atoms with van der Waals surface area (Å²) in [6.45, 7) is 2.01. The third kappa shape index (κ3) is 4.15. The summed E-state index contributed by atoms with van der Waals surface area (Å²) in [5.41, 5.74) is 2.90. The predicted molar refractivity (Wildman–Crippen MR) is 121 cm³/mol. The van der Waals surface area contributed by atoms with Gasteiger partial charge in [-0.3, -0.25) is 4.79 Å². The van der Waals surface area contributed by atoms with Crippen molar-refractivity contribution in [3.63, 3.8) is 0 Å². The minimum absolute atomic E-state index is 0.167. The Labute approximate surface area is 189 Å². The molecule has 152 valence electrons. The summed E-state index contributed by atoms with van der Waals surface area (Å²) in [5.74, 6) is -0.515. The van der Waals surface area contributed by atoms with E-state index in [1.165, 1.54) is 12.1 Å². The number of benzene rings is 2. The first-order chi connectivity index (χ1) is 14.5. The SMILES string of the molecule is CC[C@H](NC(=O)c1cc(Br)cc2c1cnn2-c1ccc(F)cc1)c1ccc(Br)nc1. The topological polar surface area (TPSA) is 59.8 Å². The number of nitrogens with zero attached hydrogens (tertiary/aromatic N) is 3. The van der Waals surface area contributed by atoms with E-state index in [0.29, 0.717) is 16.6 Å². The van der Waals surface area contributed by atoms with Gasteiger partial charge in [0, 0.05) is 16.1 Å². The zero-order valence-electron chi connectivity index (χ0n) is 15.9. The summed E-state index contributed by atoms with van der Waals surface area (Å²) >= 11 is 6.83. The van der Waals surface area contributed by atoms with Gasteiger partial charge in [0.05, 0.1) is 29.0 Å². The molecule has 0 spiro atoms. The molecule has 2 aromatic heterocycles. The lowest BCUT2D eigenvalue weighted by Crippen LogP contribution is -2.28. The Morgan fingerprint density at radius 2 is 1.90 bits per heavy atom. The van der Waals surface area contributed by atoms with Crippen LogP contribution in [-0.4, -0.2) is 20.7 Å². The van der Waals surface area contributed by atoms with E-state index in [1.54, 1.807) is 35.3 Å². The van der Waals surface area contributed by atoms with E-state index in [-0.39, 0.29) is 17.8 Å². The summed E-state index contributed by atoms with van der Waals surface area (Å²) in [4.78, 5) is 17.4. The Hall–Kier alpha value is -2.58. The molecule has 1 atom stereocenters. The number of hydrogen-bond acceptors (Lipinski definition) is 3. The molecular formula is C22H17Br2FN4O. The molecule has 0 saturated carbocycles. The van der Waals surface area contributed by atoms with Crippen molar-refractivity contribution in [2.45, 2.75) is 19.4 Å². The Morgan fingerprint density at radius 1 is 1.13 bits per heavy atom. The van der Waals surface area contributed by atoms with Crippen molar-refractivity contribution in [3.05, 3.63) is 86.9 Å². The molecule has 4 aromatic rings. The monoisotopic (exact) mass is 530 g/mol. The van der Waals surface area contributed by atoms with Gasteiger partial charge in [-0.1, -0.05) is 28.9 Å². The van der Waals surface area contributed by atoms with Crippen LogP contribution >= 0.6 is 31.9 Å². The maximum absolute atomic E-state index is 13.3. The van der Waals surface area contributed by atoms with Crippen LogP contribution in [0, 0.1) is 5.82 Å². The average Bonchev–Trinajstić information content (AvgIpc) is 3.16. The maximum Gasteiger partial charge on any atom is 0.252 e. The number of halogens is 3. The van der Waals surface area contributed by atoms with E-state index in [2.05, 4.69) is 47.3 Å².